The average Bonchev–Trinajstić information content (AvgIpc) is 3.68. The fourth-order valence-electron chi connectivity index (χ4n) is 4.54. The van der Waals surface area contributed by atoms with Gasteiger partial charge in [-0.15, -0.1) is 10.2 Å². The van der Waals surface area contributed by atoms with Gasteiger partial charge < -0.3 is 15.5 Å². The van der Waals surface area contributed by atoms with Gasteiger partial charge in [0.2, 0.25) is 0 Å². The molecular formula is C28H31ClF6N6O5. The highest BCUT2D eigenvalue weighted by atomic mass is 35.5. The smallest absolute Gasteiger partial charge is 0.475 e. The molecule has 1 aromatic carbocycles. The number of benzene rings is 1. The van der Waals surface area contributed by atoms with Crippen LogP contribution < -0.4 is 5.32 Å². The maximum atomic E-state index is 12.9. The number of piperazine rings is 1. The van der Waals surface area contributed by atoms with Gasteiger partial charge in [0.25, 0.3) is 5.91 Å². The number of carboxylic acids is 2. The van der Waals surface area contributed by atoms with Gasteiger partial charge in [-0.3, -0.25) is 19.0 Å². The van der Waals surface area contributed by atoms with E-state index in [-0.39, 0.29) is 11.9 Å². The molecule has 5 rings (SSSR count). The molecule has 1 unspecified atom stereocenters. The topological polar surface area (TPSA) is 140 Å². The van der Waals surface area contributed by atoms with E-state index in [2.05, 4.69) is 39.2 Å². The second kappa shape index (κ2) is 15.1. The number of carbonyl (C=O) groups is 3. The predicted octanol–water partition coefficient (Wildman–Crippen LogP) is 5.38. The van der Waals surface area contributed by atoms with Crippen LogP contribution in [-0.4, -0.2) is 97.0 Å². The second-order valence-corrected chi connectivity index (χ2v) is 11.3. The van der Waals surface area contributed by atoms with Crippen LogP contribution in [0, 0.1) is 5.92 Å². The van der Waals surface area contributed by atoms with Gasteiger partial charge in [-0.2, -0.15) is 26.3 Å². The molecule has 2 aromatic heterocycles. The van der Waals surface area contributed by atoms with Crippen LogP contribution in [0.4, 0.5) is 32.0 Å². The van der Waals surface area contributed by atoms with Crippen LogP contribution >= 0.6 is 11.6 Å². The van der Waals surface area contributed by atoms with Crippen molar-refractivity contribution in [2.45, 2.75) is 51.1 Å². The number of carboxylic acid groups (broad SMARTS) is 2. The zero-order valence-corrected chi connectivity index (χ0v) is 25.3. The largest absolute Gasteiger partial charge is 0.490 e. The Hall–Kier alpha value is -3.96. The Bertz CT molecular complexity index is 1490. The number of fused-ring (bicyclic) bond motifs is 1. The van der Waals surface area contributed by atoms with E-state index < -0.39 is 24.3 Å². The standard InChI is InChI=1S/C24H29ClN6O.2C2HF3O2/c1-16(2)30-12-11-29(13-17-3-4-17)15-21(30)23-28-27-22-10-5-18(14-31(22)23)24(32)26-20-8-6-19(25)7-9-20;2*3-2(4,5)1(6)7/h5-10,14,16-17,21H,3-4,11-13,15H2,1-2H3,(H,26,32);2*(H,6,7). The highest BCUT2D eigenvalue weighted by molar-refractivity contribution is 6.30. The van der Waals surface area contributed by atoms with Crippen molar-refractivity contribution in [3.63, 3.8) is 0 Å². The summed E-state index contributed by atoms with van der Waals surface area (Å²) in [5, 5.41) is 26.8. The molecule has 0 bridgehead atoms. The number of aliphatic carboxylic acids is 2. The van der Waals surface area contributed by atoms with Gasteiger partial charge in [-0.05, 0) is 69.0 Å². The normalized spacial score (nSPS) is 17.5. The minimum absolute atomic E-state index is 0.145. The quantitative estimate of drug-likeness (QED) is 0.293. The van der Waals surface area contributed by atoms with Crippen LogP contribution in [0.1, 0.15) is 48.9 Å². The van der Waals surface area contributed by atoms with E-state index in [0.29, 0.717) is 22.3 Å². The van der Waals surface area contributed by atoms with Crippen molar-refractivity contribution >= 4 is 40.8 Å². The summed E-state index contributed by atoms with van der Waals surface area (Å²) >= 11 is 5.95. The number of nitrogens with zero attached hydrogens (tertiary/aromatic N) is 5. The molecule has 2 aliphatic rings. The first-order valence-corrected chi connectivity index (χ1v) is 14.2. The van der Waals surface area contributed by atoms with Crippen LogP contribution in [0.3, 0.4) is 0 Å². The summed E-state index contributed by atoms with van der Waals surface area (Å²) in [7, 11) is 0. The summed E-state index contributed by atoms with van der Waals surface area (Å²) in [4.78, 5) is 35.7. The van der Waals surface area contributed by atoms with E-state index in [0.717, 1.165) is 37.0 Å². The minimum Gasteiger partial charge on any atom is -0.475 e. The van der Waals surface area contributed by atoms with Crippen LogP contribution in [0.15, 0.2) is 42.6 Å². The highest BCUT2D eigenvalue weighted by Gasteiger charge is 2.39. The lowest BCUT2D eigenvalue weighted by atomic mass is 10.1. The molecule has 1 saturated carbocycles. The first-order chi connectivity index (χ1) is 21.4. The van der Waals surface area contributed by atoms with Crippen molar-refractivity contribution in [1.29, 1.82) is 0 Å². The predicted molar refractivity (Wildman–Crippen MR) is 154 cm³/mol. The fraction of sp³-hybridized carbons (Fsp3) is 0.464. The molecule has 1 aliphatic heterocycles. The molecule has 0 spiro atoms. The van der Waals surface area contributed by atoms with Crippen LogP contribution in [0.25, 0.3) is 5.65 Å². The van der Waals surface area contributed by atoms with Gasteiger partial charge in [0.15, 0.2) is 11.5 Å². The molecule has 46 heavy (non-hydrogen) atoms. The SMILES string of the molecule is CC(C)N1CCN(CC2CC2)CC1c1nnc2ccc(C(=O)Nc3ccc(Cl)cc3)cn12.O=C(O)C(F)(F)F.O=C(O)C(F)(F)F. The molecule has 1 saturated heterocycles. The van der Waals surface area contributed by atoms with E-state index >= 15 is 0 Å². The van der Waals surface area contributed by atoms with E-state index in [9.17, 15) is 31.1 Å². The van der Waals surface area contributed by atoms with E-state index in [1.54, 1.807) is 30.3 Å². The Morgan fingerprint density at radius 1 is 0.935 bits per heavy atom. The molecule has 2 fully saturated rings. The van der Waals surface area contributed by atoms with Crippen LogP contribution in [-0.2, 0) is 9.59 Å². The first kappa shape index (κ1) is 36.5. The molecule has 252 valence electrons. The molecule has 18 heteroatoms. The molecule has 0 radical (unpaired) electrons. The molecule has 3 heterocycles. The number of amides is 1. The number of carbonyl (C=O) groups excluding carboxylic acids is 1. The summed E-state index contributed by atoms with van der Waals surface area (Å²) in [5.41, 5.74) is 2.03. The number of hydrogen-bond donors (Lipinski definition) is 3. The molecule has 11 nitrogen and oxygen atoms in total. The summed E-state index contributed by atoms with van der Waals surface area (Å²) < 4.78 is 65.5. The number of alkyl halides is 6. The lowest BCUT2D eigenvalue weighted by Gasteiger charge is -2.42. The van der Waals surface area contributed by atoms with Crippen molar-refractivity contribution in [1.82, 2.24) is 24.4 Å². The number of anilines is 1. The van der Waals surface area contributed by atoms with Gasteiger partial charge in [0.05, 0.1) is 11.6 Å². The Labute approximate surface area is 263 Å². The van der Waals surface area contributed by atoms with Crippen molar-refractivity contribution in [2.75, 3.05) is 31.5 Å². The van der Waals surface area contributed by atoms with Crippen molar-refractivity contribution in [2.24, 2.45) is 5.92 Å². The fourth-order valence-corrected chi connectivity index (χ4v) is 4.67. The van der Waals surface area contributed by atoms with E-state index in [4.69, 9.17) is 31.4 Å². The second-order valence-electron chi connectivity index (χ2n) is 10.8. The molecule has 3 N–H and O–H groups in total. The Morgan fingerprint density at radius 3 is 2.00 bits per heavy atom. The first-order valence-electron chi connectivity index (χ1n) is 13.9. The number of pyridine rings is 1. The third-order valence-corrected chi connectivity index (χ3v) is 7.21. The number of rotatable bonds is 6. The molecule has 3 aromatic rings. The zero-order valence-electron chi connectivity index (χ0n) is 24.5. The summed E-state index contributed by atoms with van der Waals surface area (Å²) in [5.74, 6) is -3.93. The molecule has 1 aliphatic carbocycles. The Kier molecular flexibility index (Phi) is 12.0. The summed E-state index contributed by atoms with van der Waals surface area (Å²) in [6.07, 6.45) is -5.60. The third kappa shape index (κ3) is 10.6. The monoisotopic (exact) mass is 680 g/mol. The highest BCUT2D eigenvalue weighted by Crippen LogP contribution is 2.33. The summed E-state index contributed by atoms with van der Waals surface area (Å²) in [6, 6.07) is 11.3. The van der Waals surface area contributed by atoms with Gasteiger partial charge in [-0.1, -0.05) is 11.6 Å². The van der Waals surface area contributed by atoms with Crippen molar-refractivity contribution in [3.8, 4) is 0 Å². The average molecular weight is 681 g/mol. The number of aromatic nitrogens is 3. The number of nitrogens with one attached hydrogen (secondary N) is 1. The number of hydrogen-bond acceptors (Lipinski definition) is 7. The number of halogens is 7. The van der Waals surface area contributed by atoms with Gasteiger partial charge in [0.1, 0.15) is 0 Å². The summed E-state index contributed by atoms with van der Waals surface area (Å²) in [6.45, 7) is 8.69. The molecular weight excluding hydrogens is 650 g/mol. The van der Waals surface area contributed by atoms with Crippen LogP contribution in [0.2, 0.25) is 5.02 Å². The van der Waals surface area contributed by atoms with E-state index in [1.165, 1.54) is 19.4 Å². The lowest BCUT2D eigenvalue weighted by molar-refractivity contribution is -0.193. The minimum atomic E-state index is -5.08. The van der Waals surface area contributed by atoms with Crippen molar-refractivity contribution < 1.29 is 50.9 Å². The van der Waals surface area contributed by atoms with Gasteiger partial charge in [0, 0.05) is 49.1 Å². The Morgan fingerprint density at radius 2 is 1.50 bits per heavy atom. The van der Waals surface area contributed by atoms with Crippen molar-refractivity contribution in [3.05, 3.63) is 59.0 Å². The Balaban J connectivity index is 0.000000345. The lowest BCUT2D eigenvalue weighted by Crippen LogP contribution is -2.51. The zero-order chi connectivity index (χ0) is 34.4. The molecule has 1 amide bonds. The maximum Gasteiger partial charge on any atom is 0.490 e. The maximum absolute atomic E-state index is 12.9. The third-order valence-electron chi connectivity index (χ3n) is 6.96. The molecule has 1 atom stereocenters. The van der Waals surface area contributed by atoms with Gasteiger partial charge in [-0.25, -0.2) is 9.59 Å². The van der Waals surface area contributed by atoms with Crippen LogP contribution in [0.5, 0.6) is 0 Å². The van der Waals surface area contributed by atoms with Gasteiger partial charge >= 0.3 is 24.3 Å². The van der Waals surface area contributed by atoms with E-state index in [1.807, 2.05) is 16.7 Å².